The number of aromatic nitrogens is 2. The van der Waals surface area contributed by atoms with E-state index in [1.54, 1.807) is 0 Å². The first-order chi connectivity index (χ1) is 11.8. The van der Waals surface area contributed by atoms with Crippen LogP contribution >= 0.6 is 0 Å². The molecule has 0 spiro atoms. The van der Waals surface area contributed by atoms with Gasteiger partial charge in [-0.1, -0.05) is 6.07 Å². The number of aryl methyl sites for hydroxylation is 3. The van der Waals surface area contributed by atoms with E-state index in [0.29, 0.717) is 13.1 Å². The molecular formula is C19H25N5O. The maximum Gasteiger partial charge on any atom is 0.322 e. The van der Waals surface area contributed by atoms with Gasteiger partial charge < -0.3 is 15.1 Å². The fourth-order valence-corrected chi connectivity index (χ4v) is 3.08. The lowest BCUT2D eigenvalue weighted by atomic mass is 10.1. The predicted octanol–water partition coefficient (Wildman–Crippen LogP) is 3.06. The number of carbonyl (C=O) groups is 1. The molecule has 0 aliphatic carbocycles. The van der Waals surface area contributed by atoms with Crippen molar-refractivity contribution < 1.29 is 4.79 Å². The molecule has 1 N–H and O–H groups in total. The molecule has 6 heteroatoms. The zero-order valence-electron chi connectivity index (χ0n) is 15.6. The molecule has 1 aromatic heterocycles. The first kappa shape index (κ1) is 17.2. The topological polar surface area (TPSA) is 61.4 Å². The van der Waals surface area contributed by atoms with Crippen molar-refractivity contribution in [3.05, 3.63) is 46.4 Å². The fraction of sp³-hybridized carbons (Fsp3) is 0.421. The van der Waals surface area contributed by atoms with Crippen LogP contribution in [0.4, 0.5) is 16.3 Å². The Hall–Kier alpha value is -2.63. The minimum absolute atomic E-state index is 0.0841. The van der Waals surface area contributed by atoms with Gasteiger partial charge in [-0.05, 0) is 44.0 Å². The molecule has 0 atom stereocenters. The number of anilines is 2. The predicted molar refractivity (Wildman–Crippen MR) is 100 cm³/mol. The van der Waals surface area contributed by atoms with Gasteiger partial charge in [0.2, 0.25) is 0 Å². The normalized spacial score (nSPS) is 13.4. The summed E-state index contributed by atoms with van der Waals surface area (Å²) < 4.78 is 0. The molecule has 0 radical (unpaired) electrons. The van der Waals surface area contributed by atoms with E-state index in [9.17, 15) is 4.79 Å². The van der Waals surface area contributed by atoms with Crippen molar-refractivity contribution in [3.8, 4) is 0 Å². The average Bonchev–Trinajstić information content (AvgIpc) is 2.56. The number of benzene rings is 1. The van der Waals surface area contributed by atoms with Crippen molar-refractivity contribution in [2.45, 2.75) is 33.7 Å². The molecule has 0 unspecified atom stereocenters. The van der Waals surface area contributed by atoms with E-state index in [4.69, 9.17) is 0 Å². The molecule has 1 aromatic carbocycles. The summed E-state index contributed by atoms with van der Waals surface area (Å²) in [5.41, 5.74) is 5.30. The standard InChI is InChI=1S/C19H25N5O/c1-12-6-7-15(10-13(12)2)22-19(25)24-9-8-17-16(11-24)18(23(4)5)21-14(3)20-17/h6-7,10H,8-9,11H2,1-5H3,(H,22,25). The van der Waals surface area contributed by atoms with E-state index in [-0.39, 0.29) is 6.03 Å². The molecule has 132 valence electrons. The molecule has 1 aliphatic rings. The summed E-state index contributed by atoms with van der Waals surface area (Å²) in [4.78, 5) is 25.6. The molecule has 3 rings (SSSR count). The van der Waals surface area contributed by atoms with Crippen LogP contribution in [0.5, 0.6) is 0 Å². The van der Waals surface area contributed by atoms with E-state index < -0.39 is 0 Å². The van der Waals surface area contributed by atoms with Gasteiger partial charge in [-0.25, -0.2) is 14.8 Å². The van der Waals surface area contributed by atoms with Gasteiger partial charge in [0.05, 0.1) is 12.2 Å². The van der Waals surface area contributed by atoms with E-state index in [2.05, 4.69) is 22.2 Å². The smallest absolute Gasteiger partial charge is 0.322 e. The minimum Gasteiger partial charge on any atom is -0.362 e. The quantitative estimate of drug-likeness (QED) is 0.913. The lowest BCUT2D eigenvalue weighted by molar-refractivity contribution is 0.206. The van der Waals surface area contributed by atoms with Gasteiger partial charge in [-0.15, -0.1) is 0 Å². The molecule has 0 fully saturated rings. The van der Waals surface area contributed by atoms with Gasteiger partial charge in [0.25, 0.3) is 0 Å². The van der Waals surface area contributed by atoms with Crippen LogP contribution in [0, 0.1) is 20.8 Å². The van der Waals surface area contributed by atoms with Crippen LogP contribution in [0.1, 0.15) is 28.2 Å². The Morgan fingerprint density at radius 2 is 1.92 bits per heavy atom. The number of amides is 2. The van der Waals surface area contributed by atoms with E-state index >= 15 is 0 Å². The number of hydrogen-bond donors (Lipinski definition) is 1. The van der Waals surface area contributed by atoms with Crippen molar-refractivity contribution in [2.75, 3.05) is 30.9 Å². The highest BCUT2D eigenvalue weighted by Crippen LogP contribution is 2.26. The third kappa shape index (κ3) is 3.57. The van der Waals surface area contributed by atoms with Crippen LogP contribution in [0.15, 0.2) is 18.2 Å². The Bertz CT molecular complexity index is 816. The van der Waals surface area contributed by atoms with Crippen LogP contribution in [-0.4, -0.2) is 41.5 Å². The molecule has 2 aromatic rings. The minimum atomic E-state index is -0.0841. The molecular weight excluding hydrogens is 314 g/mol. The van der Waals surface area contributed by atoms with E-state index in [1.807, 2.05) is 55.9 Å². The van der Waals surface area contributed by atoms with Crippen LogP contribution in [0.3, 0.4) is 0 Å². The zero-order valence-corrected chi connectivity index (χ0v) is 15.6. The fourth-order valence-electron chi connectivity index (χ4n) is 3.08. The number of rotatable bonds is 2. The van der Waals surface area contributed by atoms with Crippen LogP contribution < -0.4 is 10.2 Å². The van der Waals surface area contributed by atoms with Crippen LogP contribution in [0.25, 0.3) is 0 Å². The second-order valence-corrected chi connectivity index (χ2v) is 6.81. The Morgan fingerprint density at radius 3 is 2.60 bits per heavy atom. The largest absolute Gasteiger partial charge is 0.362 e. The number of urea groups is 1. The Morgan fingerprint density at radius 1 is 1.16 bits per heavy atom. The monoisotopic (exact) mass is 339 g/mol. The highest BCUT2D eigenvalue weighted by molar-refractivity contribution is 5.89. The molecule has 25 heavy (non-hydrogen) atoms. The SMILES string of the molecule is Cc1nc2c(c(N(C)C)n1)CN(C(=O)Nc1ccc(C)c(C)c1)CC2. The van der Waals surface area contributed by atoms with E-state index in [0.717, 1.165) is 35.0 Å². The third-order valence-corrected chi connectivity index (χ3v) is 4.62. The first-order valence-corrected chi connectivity index (χ1v) is 8.52. The van der Waals surface area contributed by atoms with Crippen LogP contribution in [0.2, 0.25) is 0 Å². The lowest BCUT2D eigenvalue weighted by Gasteiger charge is -2.31. The molecule has 0 saturated carbocycles. The molecule has 0 saturated heterocycles. The Labute approximate surface area is 148 Å². The van der Waals surface area contributed by atoms with Gasteiger partial charge in [0.1, 0.15) is 11.6 Å². The third-order valence-electron chi connectivity index (χ3n) is 4.62. The highest BCUT2D eigenvalue weighted by atomic mass is 16.2. The lowest BCUT2D eigenvalue weighted by Crippen LogP contribution is -2.40. The molecule has 2 amide bonds. The second kappa shape index (κ2) is 6.70. The molecule has 2 heterocycles. The highest BCUT2D eigenvalue weighted by Gasteiger charge is 2.25. The van der Waals surface area contributed by atoms with Gasteiger partial charge in [0, 0.05) is 38.3 Å². The molecule has 1 aliphatic heterocycles. The average molecular weight is 339 g/mol. The van der Waals surface area contributed by atoms with Gasteiger partial charge >= 0.3 is 6.03 Å². The maximum atomic E-state index is 12.7. The summed E-state index contributed by atoms with van der Waals surface area (Å²) in [5.74, 6) is 1.67. The van der Waals surface area contributed by atoms with E-state index in [1.165, 1.54) is 11.1 Å². The summed E-state index contributed by atoms with van der Waals surface area (Å²) in [6.45, 7) is 7.21. The molecule has 6 nitrogen and oxygen atoms in total. The zero-order chi connectivity index (χ0) is 18.1. The van der Waals surface area contributed by atoms with Crippen molar-refractivity contribution >= 4 is 17.5 Å². The summed E-state index contributed by atoms with van der Waals surface area (Å²) in [6, 6.07) is 5.88. The van der Waals surface area contributed by atoms with Crippen LogP contribution in [-0.2, 0) is 13.0 Å². The number of carbonyl (C=O) groups excluding carboxylic acids is 1. The summed E-state index contributed by atoms with van der Waals surface area (Å²) in [7, 11) is 3.94. The van der Waals surface area contributed by atoms with Gasteiger partial charge in [-0.2, -0.15) is 0 Å². The van der Waals surface area contributed by atoms with Crippen molar-refractivity contribution in [1.82, 2.24) is 14.9 Å². The molecule has 0 bridgehead atoms. The van der Waals surface area contributed by atoms with Crippen molar-refractivity contribution in [1.29, 1.82) is 0 Å². The number of nitrogens with one attached hydrogen (secondary N) is 1. The Kier molecular flexibility index (Phi) is 4.61. The summed E-state index contributed by atoms with van der Waals surface area (Å²) in [5, 5.41) is 3.00. The number of hydrogen-bond acceptors (Lipinski definition) is 4. The maximum absolute atomic E-state index is 12.7. The number of nitrogens with zero attached hydrogens (tertiary/aromatic N) is 4. The van der Waals surface area contributed by atoms with Gasteiger partial charge in [0.15, 0.2) is 0 Å². The summed E-state index contributed by atoms with van der Waals surface area (Å²) >= 11 is 0. The van der Waals surface area contributed by atoms with Gasteiger partial charge in [-0.3, -0.25) is 0 Å². The Balaban J connectivity index is 1.80. The first-order valence-electron chi connectivity index (χ1n) is 8.52. The number of fused-ring (bicyclic) bond motifs is 1. The second-order valence-electron chi connectivity index (χ2n) is 6.81. The van der Waals surface area contributed by atoms with Crippen molar-refractivity contribution in [2.24, 2.45) is 0 Å². The van der Waals surface area contributed by atoms with Crippen molar-refractivity contribution in [3.63, 3.8) is 0 Å². The summed E-state index contributed by atoms with van der Waals surface area (Å²) in [6.07, 6.45) is 0.750.